The lowest BCUT2D eigenvalue weighted by Gasteiger charge is -2.40. The van der Waals surface area contributed by atoms with Gasteiger partial charge in [-0.25, -0.2) is 0 Å². The molecule has 3 rings (SSSR count). The van der Waals surface area contributed by atoms with Crippen LogP contribution in [-0.4, -0.2) is 34.2 Å². The molecule has 3 unspecified atom stereocenters. The number of rotatable bonds is 1. The van der Waals surface area contributed by atoms with E-state index in [0.29, 0.717) is 6.04 Å². The molecule has 2 heterocycles. The lowest BCUT2D eigenvalue weighted by atomic mass is 9.83. The maximum absolute atomic E-state index is 9.82. The highest BCUT2D eigenvalue weighted by molar-refractivity contribution is 5.00. The summed E-state index contributed by atoms with van der Waals surface area (Å²) >= 11 is 0. The maximum atomic E-state index is 9.82. The Morgan fingerprint density at radius 2 is 1.53 bits per heavy atom. The number of hydrogen-bond donors (Lipinski definition) is 1. The van der Waals surface area contributed by atoms with E-state index >= 15 is 0 Å². The zero-order chi connectivity index (χ0) is 10.4. The van der Waals surface area contributed by atoms with Crippen molar-refractivity contribution in [2.75, 3.05) is 0 Å². The van der Waals surface area contributed by atoms with E-state index in [1.54, 1.807) is 0 Å². The van der Waals surface area contributed by atoms with Gasteiger partial charge in [-0.15, -0.1) is 0 Å². The summed E-state index contributed by atoms with van der Waals surface area (Å²) in [5, 5.41) is 9.82. The molecular formula is C13H23NO. The van der Waals surface area contributed by atoms with E-state index in [9.17, 15) is 5.11 Å². The molecule has 1 aliphatic carbocycles. The first-order valence-corrected chi connectivity index (χ1v) is 6.71. The molecule has 0 radical (unpaired) electrons. The van der Waals surface area contributed by atoms with Gasteiger partial charge >= 0.3 is 0 Å². The van der Waals surface area contributed by atoms with Crippen LogP contribution in [0.2, 0.25) is 0 Å². The first-order valence-electron chi connectivity index (χ1n) is 6.71. The summed E-state index contributed by atoms with van der Waals surface area (Å²) in [6.07, 6.45) is 8.95. The summed E-state index contributed by atoms with van der Waals surface area (Å²) in [6.45, 7) is 2.38. The summed E-state index contributed by atoms with van der Waals surface area (Å²) in [7, 11) is 0. The van der Waals surface area contributed by atoms with Gasteiger partial charge in [-0.1, -0.05) is 6.92 Å². The quantitative estimate of drug-likeness (QED) is 0.715. The lowest BCUT2D eigenvalue weighted by Crippen LogP contribution is -2.47. The monoisotopic (exact) mass is 209 g/mol. The fourth-order valence-corrected chi connectivity index (χ4v) is 4.19. The van der Waals surface area contributed by atoms with E-state index in [2.05, 4.69) is 11.8 Å². The van der Waals surface area contributed by atoms with Gasteiger partial charge in [-0.3, -0.25) is 4.90 Å². The van der Waals surface area contributed by atoms with Gasteiger partial charge in [0.15, 0.2) is 0 Å². The average Bonchev–Trinajstić information content (AvgIpc) is 2.81. The minimum absolute atomic E-state index is 0.0220. The topological polar surface area (TPSA) is 23.5 Å². The van der Waals surface area contributed by atoms with Crippen molar-refractivity contribution in [3.63, 3.8) is 0 Å². The van der Waals surface area contributed by atoms with E-state index in [0.717, 1.165) is 30.8 Å². The molecule has 2 nitrogen and oxygen atoms in total. The highest BCUT2D eigenvalue weighted by atomic mass is 16.3. The highest BCUT2D eigenvalue weighted by Gasteiger charge is 2.45. The van der Waals surface area contributed by atoms with Gasteiger partial charge in [-0.05, 0) is 50.9 Å². The summed E-state index contributed by atoms with van der Waals surface area (Å²) in [6, 6.07) is 2.43. The van der Waals surface area contributed by atoms with Crippen molar-refractivity contribution in [1.29, 1.82) is 0 Å². The van der Waals surface area contributed by atoms with Gasteiger partial charge in [-0.2, -0.15) is 0 Å². The van der Waals surface area contributed by atoms with E-state index in [-0.39, 0.29) is 6.10 Å². The molecule has 0 aromatic rings. The smallest absolute Gasteiger partial charge is 0.0555 e. The number of aliphatic hydroxyl groups is 1. The third-order valence-electron chi connectivity index (χ3n) is 5.02. The van der Waals surface area contributed by atoms with E-state index in [4.69, 9.17) is 0 Å². The van der Waals surface area contributed by atoms with Crippen LogP contribution in [0, 0.1) is 5.92 Å². The fourth-order valence-electron chi connectivity index (χ4n) is 4.19. The van der Waals surface area contributed by atoms with Crippen LogP contribution in [0.3, 0.4) is 0 Å². The van der Waals surface area contributed by atoms with Crippen LogP contribution in [0.25, 0.3) is 0 Å². The molecule has 1 saturated carbocycles. The van der Waals surface area contributed by atoms with Gasteiger partial charge in [0, 0.05) is 18.1 Å². The van der Waals surface area contributed by atoms with Crippen molar-refractivity contribution >= 4 is 0 Å². The zero-order valence-electron chi connectivity index (χ0n) is 9.73. The standard InChI is InChI=1S/C13H23NO/c1-9-2-7-12(15)8-13(9)14-10-3-4-11(14)6-5-10/h9-13,15H,2-8H2,1H3. The molecule has 2 bridgehead atoms. The SMILES string of the molecule is CC1CCC(O)CC1N1C2CCC1CC2. The van der Waals surface area contributed by atoms with E-state index in [1.807, 2.05) is 0 Å². The van der Waals surface area contributed by atoms with Gasteiger partial charge in [0.05, 0.1) is 6.10 Å². The molecule has 2 aliphatic heterocycles. The number of fused-ring (bicyclic) bond motifs is 2. The minimum atomic E-state index is -0.0220. The van der Waals surface area contributed by atoms with Crippen molar-refractivity contribution in [1.82, 2.24) is 4.90 Å². The summed E-state index contributed by atoms with van der Waals surface area (Å²) in [5.41, 5.74) is 0. The summed E-state index contributed by atoms with van der Waals surface area (Å²) < 4.78 is 0. The highest BCUT2D eigenvalue weighted by Crippen LogP contribution is 2.43. The Balaban J connectivity index is 1.75. The Labute approximate surface area is 92.7 Å². The predicted molar refractivity (Wildman–Crippen MR) is 60.7 cm³/mol. The Bertz CT molecular complexity index is 223. The Kier molecular flexibility index (Phi) is 2.52. The van der Waals surface area contributed by atoms with Crippen molar-refractivity contribution in [2.45, 2.75) is 76.1 Å². The van der Waals surface area contributed by atoms with Crippen LogP contribution in [0.4, 0.5) is 0 Å². The molecule has 0 spiro atoms. The third-order valence-corrected chi connectivity index (χ3v) is 5.02. The van der Waals surface area contributed by atoms with Crippen molar-refractivity contribution < 1.29 is 5.11 Å². The number of nitrogens with zero attached hydrogens (tertiary/aromatic N) is 1. The second kappa shape index (κ2) is 3.74. The fraction of sp³-hybridized carbons (Fsp3) is 1.00. The van der Waals surface area contributed by atoms with Crippen molar-refractivity contribution in [3.05, 3.63) is 0 Å². The first kappa shape index (κ1) is 10.1. The minimum Gasteiger partial charge on any atom is -0.393 e. The van der Waals surface area contributed by atoms with E-state index < -0.39 is 0 Å². The molecule has 3 fully saturated rings. The largest absolute Gasteiger partial charge is 0.393 e. The molecule has 0 amide bonds. The number of aliphatic hydroxyl groups excluding tert-OH is 1. The van der Waals surface area contributed by atoms with Gasteiger partial charge in [0.2, 0.25) is 0 Å². The average molecular weight is 209 g/mol. The molecule has 0 aromatic heterocycles. The van der Waals surface area contributed by atoms with Crippen LogP contribution >= 0.6 is 0 Å². The molecule has 2 saturated heterocycles. The van der Waals surface area contributed by atoms with Crippen LogP contribution in [0.15, 0.2) is 0 Å². The van der Waals surface area contributed by atoms with Crippen molar-refractivity contribution in [3.8, 4) is 0 Å². The van der Waals surface area contributed by atoms with Crippen LogP contribution in [-0.2, 0) is 0 Å². The molecule has 2 heteroatoms. The molecule has 3 atom stereocenters. The summed E-state index contributed by atoms with van der Waals surface area (Å²) in [5.74, 6) is 0.801. The molecule has 86 valence electrons. The van der Waals surface area contributed by atoms with Crippen LogP contribution < -0.4 is 0 Å². The molecule has 3 aliphatic rings. The lowest BCUT2D eigenvalue weighted by molar-refractivity contribution is 0.0242. The Hall–Kier alpha value is -0.0800. The van der Waals surface area contributed by atoms with E-state index in [1.165, 1.54) is 32.1 Å². The second-order valence-electron chi connectivity index (χ2n) is 5.92. The summed E-state index contributed by atoms with van der Waals surface area (Å²) in [4.78, 5) is 2.78. The van der Waals surface area contributed by atoms with Crippen LogP contribution in [0.1, 0.15) is 51.9 Å². The predicted octanol–water partition coefficient (Wildman–Crippen LogP) is 2.16. The zero-order valence-corrected chi connectivity index (χ0v) is 9.73. The normalized spacial score (nSPS) is 51.2. The van der Waals surface area contributed by atoms with Crippen LogP contribution in [0.5, 0.6) is 0 Å². The van der Waals surface area contributed by atoms with Gasteiger partial charge in [0.25, 0.3) is 0 Å². The maximum Gasteiger partial charge on any atom is 0.0555 e. The molecule has 0 aromatic carbocycles. The van der Waals surface area contributed by atoms with Gasteiger partial charge in [0.1, 0.15) is 0 Å². The molecular weight excluding hydrogens is 186 g/mol. The first-order chi connectivity index (χ1) is 7.25. The van der Waals surface area contributed by atoms with Gasteiger partial charge < -0.3 is 5.11 Å². The van der Waals surface area contributed by atoms with Crippen molar-refractivity contribution in [2.24, 2.45) is 5.92 Å². The molecule has 15 heavy (non-hydrogen) atoms. The third kappa shape index (κ3) is 1.62. The Morgan fingerprint density at radius 1 is 0.933 bits per heavy atom. The molecule has 1 N–H and O–H groups in total. The second-order valence-corrected chi connectivity index (χ2v) is 5.92. The Morgan fingerprint density at radius 3 is 2.13 bits per heavy atom. The number of hydrogen-bond acceptors (Lipinski definition) is 2.